The zero-order chi connectivity index (χ0) is 25.6. The van der Waals surface area contributed by atoms with Crippen LogP contribution in [-0.4, -0.2) is 48.4 Å². The van der Waals surface area contributed by atoms with E-state index in [-0.39, 0.29) is 26.4 Å². The van der Waals surface area contributed by atoms with Crippen LogP contribution in [0.25, 0.3) is 0 Å². The number of rotatable bonds is 15. The van der Waals surface area contributed by atoms with Crippen molar-refractivity contribution >= 4 is 12.3 Å². The fourth-order valence-electron chi connectivity index (χ4n) is 3.61. The van der Waals surface area contributed by atoms with Gasteiger partial charge in [0, 0.05) is 6.92 Å². The standard InChI is InChI=1S/C29H32O7/c1-22(31)33-21-26(32)28(35-19-24-13-7-3-8-14-24)29(36-20-25-15-9-4-10-16-25)27(17-30)34-18-23-11-5-2-6-12-23/h2-17,26-29,32H,18-21H2,1H3/t26-,27+,28-,29-/m1/s1. The van der Waals surface area contributed by atoms with E-state index < -0.39 is 30.4 Å². The molecule has 7 heteroatoms. The van der Waals surface area contributed by atoms with E-state index in [2.05, 4.69) is 0 Å². The molecule has 0 radical (unpaired) electrons. The topological polar surface area (TPSA) is 91.3 Å². The van der Waals surface area contributed by atoms with Crippen molar-refractivity contribution in [1.29, 1.82) is 0 Å². The molecule has 3 rings (SSSR count). The van der Waals surface area contributed by atoms with Crippen molar-refractivity contribution in [3.8, 4) is 0 Å². The van der Waals surface area contributed by atoms with Crippen LogP contribution in [0.4, 0.5) is 0 Å². The highest BCUT2D eigenvalue weighted by atomic mass is 16.6. The molecular weight excluding hydrogens is 460 g/mol. The number of aliphatic hydroxyl groups is 1. The first kappa shape index (κ1) is 27.2. The molecule has 0 amide bonds. The van der Waals surface area contributed by atoms with E-state index in [1.165, 1.54) is 6.92 Å². The average molecular weight is 493 g/mol. The van der Waals surface area contributed by atoms with E-state index in [1.54, 1.807) is 0 Å². The summed E-state index contributed by atoms with van der Waals surface area (Å²) in [6.07, 6.45) is -3.68. The van der Waals surface area contributed by atoms with Crippen molar-refractivity contribution in [2.24, 2.45) is 0 Å². The van der Waals surface area contributed by atoms with Crippen LogP contribution >= 0.6 is 0 Å². The van der Waals surface area contributed by atoms with Gasteiger partial charge in [-0.15, -0.1) is 0 Å². The molecule has 0 aliphatic rings. The third-order valence-corrected chi connectivity index (χ3v) is 5.47. The van der Waals surface area contributed by atoms with Gasteiger partial charge in [-0.25, -0.2) is 0 Å². The van der Waals surface area contributed by atoms with Crippen LogP contribution in [0.3, 0.4) is 0 Å². The maximum Gasteiger partial charge on any atom is 0.302 e. The molecule has 0 saturated carbocycles. The van der Waals surface area contributed by atoms with Gasteiger partial charge in [0.1, 0.15) is 31.0 Å². The molecule has 0 aliphatic carbocycles. The minimum absolute atomic E-state index is 0.151. The smallest absolute Gasteiger partial charge is 0.302 e. The normalized spacial score (nSPS) is 14.4. The molecule has 0 spiro atoms. The Morgan fingerprint density at radius 3 is 1.56 bits per heavy atom. The first-order valence-corrected chi connectivity index (χ1v) is 11.8. The Morgan fingerprint density at radius 1 is 0.722 bits per heavy atom. The van der Waals surface area contributed by atoms with Crippen molar-refractivity contribution in [1.82, 2.24) is 0 Å². The molecule has 0 aliphatic heterocycles. The highest BCUT2D eigenvalue weighted by Crippen LogP contribution is 2.20. The molecule has 190 valence electrons. The van der Waals surface area contributed by atoms with Crippen molar-refractivity contribution < 1.29 is 33.6 Å². The fraction of sp³-hybridized carbons (Fsp3) is 0.310. The summed E-state index contributed by atoms with van der Waals surface area (Å²) in [5.74, 6) is -0.537. The fourth-order valence-corrected chi connectivity index (χ4v) is 3.61. The molecule has 0 unspecified atom stereocenters. The van der Waals surface area contributed by atoms with E-state index in [0.717, 1.165) is 16.7 Å². The molecule has 36 heavy (non-hydrogen) atoms. The molecule has 1 N–H and O–H groups in total. The number of hydrogen-bond donors (Lipinski definition) is 1. The van der Waals surface area contributed by atoms with Gasteiger partial charge in [-0.05, 0) is 16.7 Å². The molecule has 0 saturated heterocycles. The molecular formula is C29H32O7. The number of esters is 1. The monoisotopic (exact) mass is 492 g/mol. The Labute approximate surface area is 211 Å². The van der Waals surface area contributed by atoms with Crippen LogP contribution in [0, 0.1) is 0 Å². The number of carbonyl (C=O) groups is 2. The van der Waals surface area contributed by atoms with Crippen molar-refractivity contribution in [3.63, 3.8) is 0 Å². The van der Waals surface area contributed by atoms with Gasteiger partial charge in [-0.3, -0.25) is 4.79 Å². The van der Waals surface area contributed by atoms with Crippen LogP contribution in [0.5, 0.6) is 0 Å². The molecule has 0 fully saturated rings. The van der Waals surface area contributed by atoms with Gasteiger partial charge >= 0.3 is 5.97 Å². The summed E-state index contributed by atoms with van der Waals surface area (Å²) in [4.78, 5) is 23.6. The van der Waals surface area contributed by atoms with Crippen molar-refractivity contribution in [3.05, 3.63) is 108 Å². The minimum atomic E-state index is -1.26. The predicted molar refractivity (Wildman–Crippen MR) is 134 cm³/mol. The van der Waals surface area contributed by atoms with E-state index in [1.807, 2.05) is 91.0 Å². The van der Waals surface area contributed by atoms with Gasteiger partial charge in [-0.1, -0.05) is 91.0 Å². The second-order valence-electron chi connectivity index (χ2n) is 8.29. The van der Waals surface area contributed by atoms with Gasteiger partial charge in [0.25, 0.3) is 0 Å². The molecule has 0 bridgehead atoms. The van der Waals surface area contributed by atoms with E-state index in [9.17, 15) is 14.7 Å². The molecule has 7 nitrogen and oxygen atoms in total. The second-order valence-corrected chi connectivity index (χ2v) is 8.29. The van der Waals surface area contributed by atoms with Crippen molar-refractivity contribution in [2.45, 2.75) is 51.2 Å². The Balaban J connectivity index is 1.84. The summed E-state index contributed by atoms with van der Waals surface area (Å²) >= 11 is 0. The van der Waals surface area contributed by atoms with Gasteiger partial charge in [0.05, 0.1) is 19.8 Å². The van der Waals surface area contributed by atoms with Crippen LogP contribution in [0.2, 0.25) is 0 Å². The Morgan fingerprint density at radius 2 is 1.14 bits per heavy atom. The first-order chi connectivity index (χ1) is 17.6. The van der Waals surface area contributed by atoms with E-state index in [4.69, 9.17) is 18.9 Å². The quantitative estimate of drug-likeness (QED) is 0.254. The lowest BCUT2D eigenvalue weighted by Crippen LogP contribution is -2.50. The van der Waals surface area contributed by atoms with Gasteiger partial charge in [0.15, 0.2) is 6.29 Å². The van der Waals surface area contributed by atoms with Crippen LogP contribution in [0.1, 0.15) is 23.6 Å². The highest BCUT2D eigenvalue weighted by Gasteiger charge is 2.37. The van der Waals surface area contributed by atoms with E-state index >= 15 is 0 Å². The molecule has 3 aromatic rings. The number of benzene rings is 3. The van der Waals surface area contributed by atoms with Gasteiger partial charge < -0.3 is 28.8 Å². The summed E-state index contributed by atoms with van der Waals surface area (Å²) < 4.78 is 23.3. The van der Waals surface area contributed by atoms with Crippen LogP contribution in [0.15, 0.2) is 91.0 Å². The summed E-state index contributed by atoms with van der Waals surface area (Å²) in [6.45, 7) is 1.42. The van der Waals surface area contributed by atoms with Gasteiger partial charge in [0.2, 0.25) is 0 Å². The lowest BCUT2D eigenvalue weighted by molar-refractivity contribution is -0.187. The third-order valence-electron chi connectivity index (χ3n) is 5.47. The Kier molecular flexibility index (Phi) is 11.3. The lowest BCUT2D eigenvalue weighted by atomic mass is 10.0. The zero-order valence-corrected chi connectivity index (χ0v) is 20.3. The molecule has 0 heterocycles. The largest absolute Gasteiger partial charge is 0.463 e. The SMILES string of the molecule is CC(=O)OC[C@@H](O)[C@@H](OCc1ccccc1)[C@H](OCc1ccccc1)[C@H](C=O)OCc1ccccc1. The number of hydrogen-bond acceptors (Lipinski definition) is 7. The third kappa shape index (κ3) is 9.02. The van der Waals surface area contributed by atoms with E-state index in [0.29, 0.717) is 6.29 Å². The summed E-state index contributed by atoms with van der Waals surface area (Å²) in [5, 5.41) is 11.0. The predicted octanol–water partition coefficient (Wildman–Crippen LogP) is 3.87. The summed E-state index contributed by atoms with van der Waals surface area (Å²) in [6, 6.07) is 28.3. The molecule has 0 aromatic heterocycles. The number of aldehydes is 1. The lowest BCUT2D eigenvalue weighted by Gasteiger charge is -2.34. The van der Waals surface area contributed by atoms with Gasteiger partial charge in [-0.2, -0.15) is 0 Å². The number of aliphatic hydroxyl groups excluding tert-OH is 1. The second kappa shape index (κ2) is 14.9. The maximum atomic E-state index is 12.2. The van der Waals surface area contributed by atoms with Crippen LogP contribution in [-0.2, 0) is 48.4 Å². The number of carbonyl (C=O) groups excluding carboxylic acids is 2. The summed E-state index contributed by atoms with van der Waals surface area (Å²) in [5.41, 5.74) is 2.64. The first-order valence-electron chi connectivity index (χ1n) is 11.8. The average Bonchev–Trinajstić information content (AvgIpc) is 2.92. The highest BCUT2D eigenvalue weighted by molar-refractivity contribution is 5.65. The molecule has 3 aromatic carbocycles. The van der Waals surface area contributed by atoms with Crippen molar-refractivity contribution in [2.75, 3.05) is 6.61 Å². The Hall–Kier alpha value is -3.36. The summed E-state index contributed by atoms with van der Waals surface area (Å²) in [7, 11) is 0. The Bertz CT molecular complexity index is 1030. The minimum Gasteiger partial charge on any atom is -0.463 e. The number of ether oxygens (including phenoxy) is 4. The van der Waals surface area contributed by atoms with Crippen LogP contribution < -0.4 is 0 Å². The zero-order valence-electron chi connectivity index (χ0n) is 20.3. The molecule has 4 atom stereocenters. The maximum absolute atomic E-state index is 12.2.